The Morgan fingerprint density at radius 1 is 1.32 bits per heavy atom. The molecule has 0 aliphatic rings. The van der Waals surface area contributed by atoms with Gasteiger partial charge in [0.2, 0.25) is 0 Å². The molecular formula is C19H27N3O5Si. The van der Waals surface area contributed by atoms with E-state index < -0.39 is 20.3 Å². The fourth-order valence-corrected chi connectivity index (χ4v) is 3.31. The van der Waals surface area contributed by atoms with Gasteiger partial charge in [0.1, 0.15) is 6.73 Å². The highest BCUT2D eigenvalue weighted by Gasteiger charge is 2.18. The summed E-state index contributed by atoms with van der Waals surface area (Å²) in [6, 6.07) is 4.85. The first kappa shape index (κ1) is 21.6. The molecule has 0 saturated heterocycles. The zero-order chi connectivity index (χ0) is 20.9. The lowest BCUT2D eigenvalue weighted by atomic mass is 10.1. The second-order valence-electron chi connectivity index (χ2n) is 7.73. The fraction of sp³-hybridized carbons (Fsp3) is 0.421. The second-order valence-corrected chi connectivity index (χ2v) is 13.4. The molecule has 1 aromatic carbocycles. The van der Waals surface area contributed by atoms with Crippen molar-refractivity contribution in [3.63, 3.8) is 0 Å². The Hall–Kier alpha value is -2.65. The summed E-state index contributed by atoms with van der Waals surface area (Å²) in [6.07, 6.45) is 2.22. The lowest BCUT2D eigenvalue weighted by Crippen LogP contribution is -2.30. The summed E-state index contributed by atoms with van der Waals surface area (Å²) in [6.45, 7) is 9.96. The van der Waals surface area contributed by atoms with Gasteiger partial charge in [-0.05, 0) is 42.3 Å². The van der Waals surface area contributed by atoms with Gasteiger partial charge in [0.25, 0.3) is 0 Å². The first-order valence-electron chi connectivity index (χ1n) is 8.94. The van der Waals surface area contributed by atoms with Crippen molar-refractivity contribution in [2.75, 3.05) is 13.7 Å². The van der Waals surface area contributed by atoms with Crippen molar-refractivity contribution in [2.45, 2.75) is 39.3 Å². The molecule has 28 heavy (non-hydrogen) atoms. The summed E-state index contributed by atoms with van der Waals surface area (Å²) < 4.78 is 12.0. The van der Waals surface area contributed by atoms with Gasteiger partial charge in [0, 0.05) is 32.5 Å². The summed E-state index contributed by atoms with van der Waals surface area (Å²) in [4.78, 5) is 23.1. The number of aryl methyl sites for hydroxylation is 1. The fourth-order valence-electron chi connectivity index (χ4n) is 2.55. The summed E-state index contributed by atoms with van der Waals surface area (Å²) in [5.74, 6) is 0. The number of ether oxygens (including phenoxy) is 2. The molecule has 0 aliphatic carbocycles. The Morgan fingerprint density at radius 3 is 2.64 bits per heavy atom. The largest absolute Gasteiger partial charge is 0.464 e. The highest BCUT2D eigenvalue weighted by Crippen LogP contribution is 2.21. The maximum atomic E-state index is 11.5. The van der Waals surface area contributed by atoms with Gasteiger partial charge in [0.15, 0.2) is 0 Å². The average molecular weight is 406 g/mol. The lowest BCUT2D eigenvalue weighted by molar-refractivity contribution is 0.0791. The van der Waals surface area contributed by atoms with Crippen molar-refractivity contribution in [1.29, 1.82) is 0 Å². The van der Waals surface area contributed by atoms with Crippen molar-refractivity contribution >= 4 is 37.2 Å². The van der Waals surface area contributed by atoms with E-state index in [9.17, 15) is 9.59 Å². The van der Waals surface area contributed by atoms with Gasteiger partial charge in [-0.2, -0.15) is 10.00 Å². The molecule has 2 rings (SSSR count). The highest BCUT2D eigenvalue weighted by molar-refractivity contribution is 6.76. The molecule has 2 amide bonds. The van der Waals surface area contributed by atoms with Crippen LogP contribution in [0.25, 0.3) is 17.0 Å². The van der Waals surface area contributed by atoms with Gasteiger partial charge in [-0.1, -0.05) is 19.6 Å². The van der Waals surface area contributed by atoms with Crippen LogP contribution in [-0.4, -0.2) is 53.8 Å². The molecular weight excluding hydrogens is 378 g/mol. The third-order valence-electron chi connectivity index (χ3n) is 4.08. The van der Waals surface area contributed by atoms with Crippen LogP contribution in [0.15, 0.2) is 24.5 Å². The average Bonchev–Trinajstić information content (AvgIpc) is 3.01. The zero-order valence-electron chi connectivity index (χ0n) is 16.9. The predicted molar refractivity (Wildman–Crippen MR) is 110 cm³/mol. The van der Waals surface area contributed by atoms with E-state index in [4.69, 9.17) is 9.84 Å². The number of imide groups is 1. The van der Waals surface area contributed by atoms with Crippen LogP contribution in [-0.2, 0) is 16.2 Å². The first-order chi connectivity index (χ1) is 13.1. The molecule has 0 atom stereocenters. The Balaban J connectivity index is 2.14. The smallest absolute Gasteiger partial charge is 0.423 e. The number of aromatic nitrogens is 2. The van der Waals surface area contributed by atoms with E-state index in [1.165, 1.54) is 6.20 Å². The van der Waals surface area contributed by atoms with Crippen LogP contribution in [0.4, 0.5) is 9.59 Å². The van der Waals surface area contributed by atoms with Crippen LogP contribution in [0, 0.1) is 6.92 Å². The first-order valence-corrected chi connectivity index (χ1v) is 12.7. The minimum absolute atomic E-state index is 0.388. The van der Waals surface area contributed by atoms with Gasteiger partial charge < -0.3 is 14.6 Å². The number of amides is 2. The molecule has 8 nitrogen and oxygen atoms in total. The standard InChI is InChI=1S/C19H27N3O5Si/c1-14-10-15(6-7-22(18(23)24)19(25)26-2)11-16-12-21(20-17(14)16)13-27-8-9-28(3,4)5/h6-7,10-12H,8-9,13H2,1-5H3,(H,23,24)/b7-6-. The normalized spacial score (nSPS) is 11.9. The molecule has 0 saturated carbocycles. The van der Waals surface area contributed by atoms with Crippen molar-refractivity contribution in [3.8, 4) is 0 Å². The van der Waals surface area contributed by atoms with Crippen molar-refractivity contribution in [3.05, 3.63) is 35.7 Å². The van der Waals surface area contributed by atoms with Gasteiger partial charge in [-0.25, -0.2) is 14.3 Å². The predicted octanol–water partition coefficient (Wildman–Crippen LogP) is 4.37. The van der Waals surface area contributed by atoms with Crippen LogP contribution in [0.5, 0.6) is 0 Å². The number of hydrogen-bond acceptors (Lipinski definition) is 5. The molecule has 2 aromatic rings. The minimum Gasteiger partial charge on any atom is -0.464 e. The van der Waals surface area contributed by atoms with Gasteiger partial charge in [-0.15, -0.1) is 0 Å². The van der Waals surface area contributed by atoms with Crippen LogP contribution in [0.1, 0.15) is 11.1 Å². The summed E-state index contributed by atoms with van der Waals surface area (Å²) in [5, 5.41) is 14.5. The molecule has 0 fully saturated rings. The summed E-state index contributed by atoms with van der Waals surface area (Å²) >= 11 is 0. The quantitative estimate of drug-likeness (QED) is 0.543. The van der Waals surface area contributed by atoms with E-state index in [1.807, 2.05) is 25.3 Å². The molecule has 1 aromatic heterocycles. The van der Waals surface area contributed by atoms with Gasteiger partial charge in [0.05, 0.1) is 12.6 Å². The molecule has 0 radical (unpaired) electrons. The van der Waals surface area contributed by atoms with E-state index in [-0.39, 0.29) is 0 Å². The van der Waals surface area contributed by atoms with Crippen LogP contribution in [0.3, 0.4) is 0 Å². The molecule has 9 heteroatoms. The molecule has 0 aliphatic heterocycles. The zero-order valence-corrected chi connectivity index (χ0v) is 17.9. The number of nitrogens with zero attached hydrogens (tertiary/aromatic N) is 3. The number of carbonyl (C=O) groups excluding carboxylic acids is 1. The third-order valence-corrected chi connectivity index (χ3v) is 5.79. The Labute approximate surface area is 165 Å². The number of methoxy groups -OCH3 is 1. The van der Waals surface area contributed by atoms with Crippen molar-refractivity contribution < 1.29 is 24.2 Å². The third kappa shape index (κ3) is 5.93. The molecule has 0 spiro atoms. The van der Waals surface area contributed by atoms with E-state index in [0.717, 1.165) is 41.8 Å². The van der Waals surface area contributed by atoms with E-state index >= 15 is 0 Å². The van der Waals surface area contributed by atoms with Gasteiger partial charge >= 0.3 is 12.2 Å². The number of fused-ring (bicyclic) bond motifs is 1. The topological polar surface area (TPSA) is 93.9 Å². The summed E-state index contributed by atoms with van der Waals surface area (Å²) in [5.41, 5.74) is 2.55. The highest BCUT2D eigenvalue weighted by atomic mass is 28.3. The molecule has 0 unspecified atom stereocenters. The number of rotatable bonds is 7. The maximum Gasteiger partial charge on any atom is 0.423 e. The minimum atomic E-state index is -1.41. The monoisotopic (exact) mass is 405 g/mol. The lowest BCUT2D eigenvalue weighted by Gasteiger charge is -2.15. The number of carboxylic acid groups (broad SMARTS) is 1. The molecule has 152 valence electrons. The number of hydrogen-bond donors (Lipinski definition) is 1. The second kappa shape index (κ2) is 9.02. The van der Waals surface area contributed by atoms with E-state index in [1.54, 1.807) is 10.8 Å². The Bertz CT molecular complexity index is 886. The van der Waals surface area contributed by atoms with E-state index in [2.05, 4.69) is 29.5 Å². The number of benzene rings is 1. The van der Waals surface area contributed by atoms with Crippen LogP contribution >= 0.6 is 0 Å². The van der Waals surface area contributed by atoms with Crippen molar-refractivity contribution in [2.24, 2.45) is 0 Å². The maximum absolute atomic E-state index is 11.5. The van der Waals surface area contributed by atoms with Crippen LogP contribution in [0.2, 0.25) is 25.7 Å². The Kier molecular flexibility index (Phi) is 6.98. The molecule has 0 bridgehead atoms. The van der Waals surface area contributed by atoms with Crippen LogP contribution < -0.4 is 0 Å². The molecule has 1 N–H and O–H groups in total. The SMILES string of the molecule is COC(=O)N(/C=C\c1cc(C)c2nn(COCC[Si](C)(C)C)cc2c1)C(=O)O. The Morgan fingerprint density at radius 2 is 2.04 bits per heavy atom. The van der Waals surface area contributed by atoms with E-state index in [0.29, 0.717) is 11.6 Å². The molecule has 1 heterocycles. The van der Waals surface area contributed by atoms with Crippen molar-refractivity contribution in [1.82, 2.24) is 14.7 Å². The summed E-state index contributed by atoms with van der Waals surface area (Å²) in [7, 11) is 0.00526. The number of carbonyl (C=O) groups is 2. The van der Waals surface area contributed by atoms with Gasteiger partial charge in [-0.3, -0.25) is 0 Å².